The highest BCUT2D eigenvalue weighted by Gasteiger charge is 2.29. The molecular formula is C14H26N2OS. The van der Waals surface area contributed by atoms with Gasteiger partial charge in [0.05, 0.1) is 16.8 Å². The van der Waals surface area contributed by atoms with Crippen molar-refractivity contribution in [3.05, 3.63) is 15.6 Å². The van der Waals surface area contributed by atoms with Gasteiger partial charge in [-0.05, 0) is 19.8 Å². The maximum Gasteiger partial charge on any atom is 0.0900 e. The molecular weight excluding hydrogens is 244 g/mol. The summed E-state index contributed by atoms with van der Waals surface area (Å²) >= 11 is 1.74. The van der Waals surface area contributed by atoms with Crippen molar-refractivity contribution in [1.82, 2.24) is 10.3 Å². The second-order valence-corrected chi connectivity index (χ2v) is 7.31. The largest absolute Gasteiger partial charge is 0.392 e. The molecule has 1 aromatic rings. The van der Waals surface area contributed by atoms with E-state index in [9.17, 15) is 5.11 Å². The summed E-state index contributed by atoms with van der Waals surface area (Å²) in [5.74, 6) is 0.286. The molecule has 0 saturated carbocycles. The van der Waals surface area contributed by atoms with E-state index >= 15 is 0 Å². The van der Waals surface area contributed by atoms with E-state index in [1.165, 1.54) is 4.88 Å². The van der Waals surface area contributed by atoms with Crippen LogP contribution in [0.15, 0.2) is 0 Å². The van der Waals surface area contributed by atoms with Crippen molar-refractivity contribution in [3.8, 4) is 0 Å². The SMILES string of the molecule is Cc1nc(C)c(CNCC(C)(C)C(O)C(C)C)s1. The number of rotatable bonds is 6. The Labute approximate surface area is 115 Å². The molecule has 0 amide bonds. The van der Waals surface area contributed by atoms with Crippen LogP contribution in [0, 0.1) is 25.2 Å². The van der Waals surface area contributed by atoms with Crippen molar-refractivity contribution < 1.29 is 5.11 Å². The van der Waals surface area contributed by atoms with Crippen LogP contribution in [0.1, 0.15) is 43.3 Å². The molecule has 0 saturated heterocycles. The van der Waals surface area contributed by atoms with Gasteiger partial charge in [0, 0.05) is 23.4 Å². The Hall–Kier alpha value is -0.450. The molecule has 0 aliphatic rings. The number of hydrogen-bond acceptors (Lipinski definition) is 4. The highest BCUT2D eigenvalue weighted by molar-refractivity contribution is 7.11. The minimum Gasteiger partial charge on any atom is -0.392 e. The van der Waals surface area contributed by atoms with E-state index in [0.717, 1.165) is 23.8 Å². The van der Waals surface area contributed by atoms with Gasteiger partial charge in [0.25, 0.3) is 0 Å². The fourth-order valence-corrected chi connectivity index (χ4v) is 3.15. The summed E-state index contributed by atoms with van der Waals surface area (Å²) in [4.78, 5) is 5.71. The molecule has 0 aromatic carbocycles. The fourth-order valence-electron chi connectivity index (χ4n) is 2.24. The Morgan fingerprint density at radius 1 is 1.33 bits per heavy atom. The number of nitrogens with one attached hydrogen (secondary N) is 1. The molecule has 0 fully saturated rings. The fraction of sp³-hybridized carbons (Fsp3) is 0.786. The first-order valence-corrected chi connectivity index (χ1v) is 7.37. The van der Waals surface area contributed by atoms with Gasteiger partial charge in [0.2, 0.25) is 0 Å². The summed E-state index contributed by atoms with van der Waals surface area (Å²) < 4.78 is 0. The van der Waals surface area contributed by atoms with Gasteiger partial charge in [-0.3, -0.25) is 0 Å². The van der Waals surface area contributed by atoms with Gasteiger partial charge in [-0.25, -0.2) is 4.98 Å². The van der Waals surface area contributed by atoms with Crippen LogP contribution in [-0.4, -0.2) is 22.7 Å². The number of aromatic nitrogens is 1. The molecule has 0 aliphatic heterocycles. The molecule has 104 valence electrons. The topological polar surface area (TPSA) is 45.2 Å². The van der Waals surface area contributed by atoms with Crippen LogP contribution < -0.4 is 5.32 Å². The molecule has 0 aliphatic carbocycles. The average Bonchev–Trinajstić information content (AvgIpc) is 2.56. The molecule has 3 nitrogen and oxygen atoms in total. The normalized spacial score (nSPS) is 14.2. The zero-order chi connectivity index (χ0) is 13.9. The Kier molecular flexibility index (Phi) is 5.32. The van der Waals surface area contributed by atoms with Gasteiger partial charge in [0.15, 0.2) is 0 Å². The third kappa shape index (κ3) is 4.04. The van der Waals surface area contributed by atoms with E-state index in [0.29, 0.717) is 0 Å². The monoisotopic (exact) mass is 270 g/mol. The van der Waals surface area contributed by atoms with Crippen LogP contribution in [0.2, 0.25) is 0 Å². The third-order valence-electron chi connectivity index (χ3n) is 3.30. The van der Waals surface area contributed by atoms with Crippen LogP contribution in [0.25, 0.3) is 0 Å². The molecule has 1 heterocycles. The molecule has 2 N–H and O–H groups in total. The van der Waals surface area contributed by atoms with Gasteiger partial charge >= 0.3 is 0 Å². The highest BCUT2D eigenvalue weighted by atomic mass is 32.1. The predicted molar refractivity (Wildman–Crippen MR) is 77.9 cm³/mol. The van der Waals surface area contributed by atoms with E-state index < -0.39 is 0 Å². The van der Waals surface area contributed by atoms with Gasteiger partial charge in [0.1, 0.15) is 0 Å². The molecule has 1 unspecified atom stereocenters. The van der Waals surface area contributed by atoms with Crippen LogP contribution in [-0.2, 0) is 6.54 Å². The number of aryl methyl sites for hydroxylation is 2. The van der Waals surface area contributed by atoms with Crippen molar-refractivity contribution in [2.24, 2.45) is 11.3 Å². The van der Waals surface area contributed by atoms with Gasteiger partial charge in [-0.15, -0.1) is 11.3 Å². The van der Waals surface area contributed by atoms with Crippen LogP contribution >= 0.6 is 11.3 Å². The minimum absolute atomic E-state index is 0.109. The lowest BCUT2D eigenvalue weighted by atomic mass is 9.81. The lowest BCUT2D eigenvalue weighted by Gasteiger charge is -2.33. The van der Waals surface area contributed by atoms with Gasteiger partial charge in [-0.2, -0.15) is 0 Å². The summed E-state index contributed by atoms with van der Waals surface area (Å²) in [6, 6.07) is 0. The first-order valence-electron chi connectivity index (χ1n) is 6.55. The molecule has 0 radical (unpaired) electrons. The summed E-state index contributed by atoms with van der Waals surface area (Å²) in [7, 11) is 0. The second kappa shape index (κ2) is 6.13. The Morgan fingerprint density at radius 3 is 2.39 bits per heavy atom. The van der Waals surface area contributed by atoms with E-state index in [4.69, 9.17) is 0 Å². The predicted octanol–water partition coefficient (Wildman–Crippen LogP) is 2.89. The summed E-state index contributed by atoms with van der Waals surface area (Å²) in [5, 5.41) is 14.7. The van der Waals surface area contributed by atoms with E-state index in [1.807, 2.05) is 6.92 Å². The second-order valence-electron chi connectivity index (χ2n) is 6.02. The Morgan fingerprint density at radius 2 is 1.94 bits per heavy atom. The average molecular weight is 270 g/mol. The van der Waals surface area contributed by atoms with Crippen LogP contribution in [0.4, 0.5) is 0 Å². The minimum atomic E-state index is -0.283. The highest BCUT2D eigenvalue weighted by Crippen LogP contribution is 2.25. The molecule has 18 heavy (non-hydrogen) atoms. The van der Waals surface area contributed by atoms with Crippen molar-refractivity contribution in [2.45, 2.75) is 54.2 Å². The smallest absolute Gasteiger partial charge is 0.0900 e. The van der Waals surface area contributed by atoms with Gasteiger partial charge in [-0.1, -0.05) is 27.7 Å². The quantitative estimate of drug-likeness (QED) is 0.835. The molecule has 1 atom stereocenters. The molecule has 0 spiro atoms. The maximum absolute atomic E-state index is 10.2. The standard InChI is InChI=1S/C14H26N2OS/c1-9(2)13(17)14(5,6)8-15-7-12-10(3)16-11(4)18-12/h9,13,15,17H,7-8H2,1-6H3. The number of hydrogen-bond donors (Lipinski definition) is 2. The summed E-state index contributed by atoms with van der Waals surface area (Å²) in [6.45, 7) is 14.1. The lowest BCUT2D eigenvalue weighted by Crippen LogP contribution is -2.41. The van der Waals surface area contributed by atoms with Crippen LogP contribution in [0.5, 0.6) is 0 Å². The molecule has 0 bridgehead atoms. The number of aliphatic hydroxyl groups excluding tert-OH is 1. The Bertz CT molecular complexity index is 385. The van der Waals surface area contributed by atoms with Crippen molar-refractivity contribution in [2.75, 3.05) is 6.54 Å². The maximum atomic E-state index is 10.2. The Balaban J connectivity index is 2.48. The number of thiazole rings is 1. The zero-order valence-electron chi connectivity index (χ0n) is 12.4. The number of aliphatic hydroxyl groups is 1. The first kappa shape index (κ1) is 15.6. The lowest BCUT2D eigenvalue weighted by molar-refractivity contribution is 0.0135. The van der Waals surface area contributed by atoms with E-state index in [1.54, 1.807) is 11.3 Å². The van der Waals surface area contributed by atoms with E-state index in [-0.39, 0.29) is 17.4 Å². The number of nitrogens with zero attached hydrogens (tertiary/aromatic N) is 1. The summed E-state index contributed by atoms with van der Waals surface area (Å²) in [5.41, 5.74) is 1.01. The zero-order valence-corrected chi connectivity index (χ0v) is 13.2. The van der Waals surface area contributed by atoms with Crippen LogP contribution in [0.3, 0.4) is 0 Å². The summed E-state index contributed by atoms with van der Waals surface area (Å²) in [6.07, 6.45) is -0.283. The molecule has 1 rings (SSSR count). The van der Waals surface area contributed by atoms with Gasteiger partial charge < -0.3 is 10.4 Å². The first-order chi connectivity index (χ1) is 8.24. The van der Waals surface area contributed by atoms with Crippen molar-refractivity contribution in [3.63, 3.8) is 0 Å². The third-order valence-corrected chi connectivity index (χ3v) is 4.37. The van der Waals surface area contributed by atoms with Crippen molar-refractivity contribution >= 4 is 11.3 Å². The van der Waals surface area contributed by atoms with Crippen molar-refractivity contribution in [1.29, 1.82) is 0 Å². The molecule has 1 aromatic heterocycles. The molecule has 4 heteroatoms. The van der Waals surface area contributed by atoms with E-state index in [2.05, 4.69) is 44.9 Å².